The summed E-state index contributed by atoms with van der Waals surface area (Å²) in [5, 5.41) is 53.7. The predicted molar refractivity (Wildman–Crippen MR) is 114 cm³/mol. The van der Waals surface area contributed by atoms with Crippen molar-refractivity contribution in [2.24, 2.45) is 0 Å². The van der Waals surface area contributed by atoms with E-state index < -0.39 is 42.8 Å². The zero-order chi connectivity index (χ0) is 23.4. The molecule has 6 unspecified atom stereocenters. The fourth-order valence-corrected chi connectivity index (χ4v) is 3.36. The number of carbonyl (C=O) groups is 1. The largest absolute Gasteiger partial charge is 0.490 e. The Balaban J connectivity index is 1.78. The molecule has 0 bridgehead atoms. The molecular weight excluding hydrogens is 422 g/mol. The van der Waals surface area contributed by atoms with Gasteiger partial charge in [0.05, 0.1) is 0 Å². The van der Waals surface area contributed by atoms with Crippen LogP contribution in [-0.2, 0) is 9.53 Å². The molecular formula is C22H29NO9. The van der Waals surface area contributed by atoms with Gasteiger partial charge >= 0.3 is 5.97 Å². The zero-order valence-corrected chi connectivity index (χ0v) is 17.8. The molecule has 2 aromatic rings. The minimum atomic E-state index is -1.80. The van der Waals surface area contributed by atoms with Gasteiger partial charge in [-0.05, 0) is 12.1 Å². The summed E-state index contributed by atoms with van der Waals surface area (Å²) in [7, 11) is 0. The summed E-state index contributed by atoms with van der Waals surface area (Å²) in [5.41, 5.74) is 0. The molecule has 1 heterocycles. The molecule has 0 aromatic heterocycles. The molecule has 0 radical (unpaired) electrons. The lowest BCUT2D eigenvalue weighted by Gasteiger charge is -2.38. The van der Waals surface area contributed by atoms with Gasteiger partial charge in [0.25, 0.3) is 0 Å². The summed E-state index contributed by atoms with van der Waals surface area (Å²) in [6.07, 6.45) is -9.21. The first-order valence-electron chi connectivity index (χ1n) is 10.3. The van der Waals surface area contributed by atoms with Crippen molar-refractivity contribution >= 4 is 16.7 Å². The standard InChI is InChI=1S/C22H29NO9/c1-11(2)23-9-12(24)10-30-15-7-8-16(14-6-4-3-5-13(14)15)31-22-19(27)17(25)18(26)20(32-22)21(28)29/h3-8,11-12,17-20,22-27H,9-10H2,1-2H3,(H,28,29). The summed E-state index contributed by atoms with van der Waals surface area (Å²) in [4.78, 5) is 11.3. The minimum absolute atomic E-state index is 0.0682. The number of ether oxygens (including phenoxy) is 3. The average Bonchev–Trinajstić information content (AvgIpc) is 2.77. The second-order valence-corrected chi connectivity index (χ2v) is 7.99. The molecule has 10 nitrogen and oxygen atoms in total. The van der Waals surface area contributed by atoms with Crippen LogP contribution in [0.15, 0.2) is 36.4 Å². The van der Waals surface area contributed by atoms with Gasteiger partial charge in [-0.2, -0.15) is 0 Å². The predicted octanol–water partition coefficient (Wildman–Crippen LogP) is -0.151. The highest BCUT2D eigenvalue weighted by Crippen LogP contribution is 2.35. The number of aliphatic carboxylic acids is 1. The Labute approximate surface area is 185 Å². The Bertz CT molecular complexity index is 921. The number of hydrogen-bond acceptors (Lipinski definition) is 9. The van der Waals surface area contributed by atoms with Gasteiger partial charge in [-0.25, -0.2) is 4.79 Å². The van der Waals surface area contributed by atoms with Crippen molar-refractivity contribution in [3.8, 4) is 11.5 Å². The van der Waals surface area contributed by atoms with Crippen molar-refractivity contribution in [2.45, 2.75) is 56.7 Å². The number of benzene rings is 2. The molecule has 1 aliphatic heterocycles. The van der Waals surface area contributed by atoms with Crippen molar-refractivity contribution < 1.29 is 44.5 Å². The monoisotopic (exact) mass is 451 g/mol. The van der Waals surface area contributed by atoms with E-state index in [9.17, 15) is 30.3 Å². The maximum Gasteiger partial charge on any atom is 0.335 e. The first kappa shape index (κ1) is 24.2. The highest BCUT2D eigenvalue weighted by Gasteiger charge is 2.48. The number of fused-ring (bicyclic) bond motifs is 1. The lowest BCUT2D eigenvalue weighted by molar-refractivity contribution is -0.270. The summed E-state index contributed by atoms with van der Waals surface area (Å²) < 4.78 is 16.7. The maximum atomic E-state index is 11.3. The Morgan fingerprint density at radius 1 is 1.03 bits per heavy atom. The van der Waals surface area contributed by atoms with Crippen molar-refractivity contribution in [3.63, 3.8) is 0 Å². The number of nitrogens with one attached hydrogen (secondary N) is 1. The van der Waals surface area contributed by atoms with Crippen molar-refractivity contribution in [2.75, 3.05) is 13.2 Å². The van der Waals surface area contributed by atoms with Crippen LogP contribution >= 0.6 is 0 Å². The fourth-order valence-electron chi connectivity index (χ4n) is 3.36. The maximum absolute atomic E-state index is 11.3. The van der Waals surface area contributed by atoms with Crippen LogP contribution in [0.1, 0.15) is 13.8 Å². The molecule has 10 heteroatoms. The third-order valence-corrected chi connectivity index (χ3v) is 5.09. The van der Waals surface area contributed by atoms with Crippen LogP contribution in [0.3, 0.4) is 0 Å². The second-order valence-electron chi connectivity index (χ2n) is 7.99. The van der Waals surface area contributed by atoms with Gasteiger partial charge in [0.15, 0.2) is 6.10 Å². The van der Waals surface area contributed by atoms with E-state index in [-0.39, 0.29) is 18.4 Å². The molecule has 176 valence electrons. The molecule has 0 amide bonds. The van der Waals surface area contributed by atoms with Crippen LogP contribution in [0.2, 0.25) is 0 Å². The Morgan fingerprint density at radius 3 is 2.28 bits per heavy atom. The quantitative estimate of drug-likeness (QED) is 0.303. The molecule has 1 aliphatic rings. The van der Waals surface area contributed by atoms with E-state index >= 15 is 0 Å². The minimum Gasteiger partial charge on any atom is -0.490 e. The number of carboxylic acid groups (broad SMARTS) is 1. The highest BCUT2D eigenvalue weighted by atomic mass is 16.7. The molecule has 1 fully saturated rings. The number of hydrogen-bond donors (Lipinski definition) is 6. The number of rotatable bonds is 9. The van der Waals surface area contributed by atoms with Gasteiger partial charge in [0.1, 0.15) is 42.5 Å². The van der Waals surface area contributed by atoms with Gasteiger partial charge in [0.2, 0.25) is 6.29 Å². The second kappa shape index (κ2) is 10.4. The van der Waals surface area contributed by atoms with E-state index in [0.29, 0.717) is 23.1 Å². The van der Waals surface area contributed by atoms with Gasteiger partial charge in [0, 0.05) is 23.4 Å². The summed E-state index contributed by atoms with van der Waals surface area (Å²) >= 11 is 0. The zero-order valence-electron chi connectivity index (χ0n) is 17.8. The summed E-state index contributed by atoms with van der Waals surface area (Å²) in [6, 6.07) is 10.5. The Morgan fingerprint density at radius 2 is 1.66 bits per heavy atom. The van der Waals surface area contributed by atoms with Gasteiger partial charge < -0.3 is 45.1 Å². The molecule has 32 heavy (non-hydrogen) atoms. The van der Waals surface area contributed by atoms with E-state index in [1.807, 2.05) is 13.8 Å². The van der Waals surface area contributed by atoms with Crippen molar-refractivity contribution in [3.05, 3.63) is 36.4 Å². The molecule has 0 saturated carbocycles. The Hall–Kier alpha value is -2.47. The molecule has 2 aromatic carbocycles. The summed E-state index contributed by atoms with van der Waals surface area (Å²) in [6.45, 7) is 4.40. The highest BCUT2D eigenvalue weighted by molar-refractivity contribution is 5.93. The molecule has 0 aliphatic carbocycles. The van der Waals surface area contributed by atoms with Crippen LogP contribution in [0.25, 0.3) is 10.8 Å². The lowest BCUT2D eigenvalue weighted by atomic mass is 9.99. The van der Waals surface area contributed by atoms with Gasteiger partial charge in [-0.1, -0.05) is 38.1 Å². The van der Waals surface area contributed by atoms with Crippen LogP contribution < -0.4 is 14.8 Å². The molecule has 3 rings (SSSR count). The van der Waals surface area contributed by atoms with Crippen molar-refractivity contribution in [1.82, 2.24) is 5.32 Å². The number of aliphatic hydroxyl groups is 4. The SMILES string of the molecule is CC(C)NCC(O)COc1ccc(OC2OC(C(=O)O)C(O)C(O)C2O)c2ccccc12. The Kier molecular flexibility index (Phi) is 7.88. The smallest absolute Gasteiger partial charge is 0.335 e. The lowest BCUT2D eigenvalue weighted by Crippen LogP contribution is -2.61. The van der Waals surface area contributed by atoms with Crippen LogP contribution in [0.4, 0.5) is 0 Å². The topological polar surface area (TPSA) is 158 Å². The summed E-state index contributed by atoms with van der Waals surface area (Å²) in [5.74, 6) is -0.733. The van der Waals surface area contributed by atoms with E-state index in [2.05, 4.69) is 5.32 Å². The third kappa shape index (κ3) is 5.47. The molecule has 0 spiro atoms. The van der Waals surface area contributed by atoms with Gasteiger partial charge in [-0.15, -0.1) is 0 Å². The van der Waals surface area contributed by atoms with Crippen molar-refractivity contribution in [1.29, 1.82) is 0 Å². The van der Waals surface area contributed by atoms with Crippen LogP contribution in [0, 0.1) is 0 Å². The molecule has 1 saturated heterocycles. The van der Waals surface area contributed by atoms with E-state index in [0.717, 1.165) is 0 Å². The average molecular weight is 451 g/mol. The first-order valence-corrected chi connectivity index (χ1v) is 10.3. The number of carboxylic acids is 1. The van der Waals surface area contributed by atoms with E-state index in [1.165, 1.54) is 0 Å². The molecule has 6 N–H and O–H groups in total. The van der Waals surface area contributed by atoms with Crippen LogP contribution in [0.5, 0.6) is 11.5 Å². The fraction of sp³-hybridized carbons (Fsp3) is 0.500. The van der Waals surface area contributed by atoms with Crippen LogP contribution in [-0.4, -0.2) is 87.5 Å². The third-order valence-electron chi connectivity index (χ3n) is 5.09. The van der Waals surface area contributed by atoms with E-state index in [1.54, 1.807) is 36.4 Å². The van der Waals surface area contributed by atoms with E-state index in [4.69, 9.17) is 14.2 Å². The normalized spacial score (nSPS) is 26.8. The molecule has 6 atom stereocenters. The number of aliphatic hydroxyl groups excluding tert-OH is 4. The first-order chi connectivity index (χ1) is 15.2. The van der Waals surface area contributed by atoms with Gasteiger partial charge in [-0.3, -0.25) is 0 Å².